The van der Waals surface area contributed by atoms with Gasteiger partial charge in [0.2, 0.25) is 5.91 Å². The Balaban J connectivity index is 1.28. The van der Waals surface area contributed by atoms with Gasteiger partial charge in [-0.1, -0.05) is 12.1 Å². The van der Waals surface area contributed by atoms with Gasteiger partial charge in [0.25, 0.3) is 0 Å². The van der Waals surface area contributed by atoms with Crippen molar-refractivity contribution in [3.05, 3.63) is 47.4 Å². The number of halogens is 1. The van der Waals surface area contributed by atoms with Gasteiger partial charge in [-0.2, -0.15) is 5.10 Å². The van der Waals surface area contributed by atoms with Crippen molar-refractivity contribution in [2.24, 2.45) is 5.92 Å². The molecule has 1 aromatic carbocycles. The number of amides is 1. The lowest BCUT2D eigenvalue weighted by atomic mass is 9.90. The van der Waals surface area contributed by atoms with Crippen molar-refractivity contribution >= 4 is 21.6 Å². The Morgan fingerprint density at radius 3 is 2.68 bits per heavy atom. The van der Waals surface area contributed by atoms with Crippen LogP contribution in [0.5, 0.6) is 0 Å². The molecule has 4 rings (SSSR count). The van der Waals surface area contributed by atoms with Crippen LogP contribution in [-0.2, 0) is 21.1 Å². The van der Waals surface area contributed by atoms with Gasteiger partial charge in [0, 0.05) is 6.07 Å². The second-order valence-corrected chi connectivity index (χ2v) is 11.0. The monoisotopic (exact) mass is 448 g/mol. The third kappa shape index (κ3) is 5.71. The number of anilines is 1. The number of carbonyl (C=O) groups excluding carboxylic acids is 1. The van der Waals surface area contributed by atoms with Crippen LogP contribution in [0.3, 0.4) is 0 Å². The van der Waals surface area contributed by atoms with Crippen LogP contribution in [0.1, 0.15) is 36.6 Å². The number of rotatable bonds is 6. The highest BCUT2D eigenvalue weighted by Crippen LogP contribution is 2.27. The first-order valence-corrected chi connectivity index (χ1v) is 12.6. The molecule has 2 aliphatic heterocycles. The van der Waals surface area contributed by atoms with Crippen LogP contribution in [0.15, 0.2) is 30.3 Å². The van der Waals surface area contributed by atoms with E-state index in [4.69, 9.17) is 0 Å². The van der Waals surface area contributed by atoms with E-state index < -0.39 is 9.84 Å². The minimum Gasteiger partial charge on any atom is -0.310 e. The van der Waals surface area contributed by atoms with Crippen LogP contribution in [0, 0.1) is 18.7 Å². The van der Waals surface area contributed by atoms with E-state index >= 15 is 0 Å². The molecule has 2 aliphatic rings. The van der Waals surface area contributed by atoms with E-state index in [9.17, 15) is 17.6 Å². The van der Waals surface area contributed by atoms with Crippen molar-refractivity contribution in [2.75, 3.05) is 36.5 Å². The molecule has 7 nitrogen and oxygen atoms in total. The van der Waals surface area contributed by atoms with Crippen LogP contribution in [-0.4, -0.2) is 60.1 Å². The molecule has 2 saturated heterocycles. The number of nitrogens with one attached hydrogen (secondary N) is 1. The summed E-state index contributed by atoms with van der Waals surface area (Å²) in [5.74, 6) is 0.964. The standard InChI is InChI=1S/C22H29FN4O3S/c1-16-11-21(27(25-16)20-7-10-31(29,30)15-20)24-22(28)14-26-8-5-17(6-9-26)12-18-3-2-4-19(23)13-18/h2-4,11,13,17,20H,5-10,12,14-15H2,1H3,(H,24,28). The lowest BCUT2D eigenvalue weighted by molar-refractivity contribution is -0.117. The van der Waals surface area contributed by atoms with E-state index in [1.165, 1.54) is 6.07 Å². The van der Waals surface area contributed by atoms with Crippen molar-refractivity contribution in [1.29, 1.82) is 0 Å². The number of piperidine rings is 1. The zero-order valence-electron chi connectivity index (χ0n) is 17.8. The molecule has 1 unspecified atom stereocenters. The van der Waals surface area contributed by atoms with Gasteiger partial charge in [-0.15, -0.1) is 0 Å². The van der Waals surface area contributed by atoms with E-state index in [2.05, 4.69) is 15.3 Å². The number of aromatic nitrogens is 2. The lowest BCUT2D eigenvalue weighted by Crippen LogP contribution is -2.39. The van der Waals surface area contributed by atoms with Crippen LogP contribution < -0.4 is 5.32 Å². The lowest BCUT2D eigenvalue weighted by Gasteiger charge is -2.31. The minimum atomic E-state index is -3.04. The van der Waals surface area contributed by atoms with Crippen molar-refractivity contribution in [1.82, 2.24) is 14.7 Å². The third-order valence-corrected chi connectivity index (χ3v) is 7.92. The second kappa shape index (κ2) is 9.08. The summed E-state index contributed by atoms with van der Waals surface area (Å²) in [5.41, 5.74) is 1.77. The Labute approximate surface area is 182 Å². The van der Waals surface area contributed by atoms with Crippen molar-refractivity contribution in [3.8, 4) is 0 Å². The molecule has 1 amide bonds. The van der Waals surface area contributed by atoms with Crippen LogP contribution in [0.25, 0.3) is 0 Å². The molecule has 168 valence electrons. The fourth-order valence-electron chi connectivity index (χ4n) is 4.59. The van der Waals surface area contributed by atoms with Gasteiger partial charge in [0.15, 0.2) is 9.84 Å². The maximum Gasteiger partial charge on any atom is 0.239 e. The first-order chi connectivity index (χ1) is 14.8. The fourth-order valence-corrected chi connectivity index (χ4v) is 6.28. The van der Waals surface area contributed by atoms with E-state index in [0.717, 1.165) is 43.6 Å². The molecule has 9 heteroatoms. The zero-order chi connectivity index (χ0) is 22.0. The second-order valence-electron chi connectivity index (χ2n) is 8.77. The van der Waals surface area contributed by atoms with Crippen LogP contribution in [0.2, 0.25) is 0 Å². The molecular weight excluding hydrogens is 419 g/mol. The number of hydrogen-bond donors (Lipinski definition) is 1. The van der Waals surface area contributed by atoms with Gasteiger partial charge in [-0.3, -0.25) is 9.69 Å². The Morgan fingerprint density at radius 1 is 1.23 bits per heavy atom. The van der Waals surface area contributed by atoms with Crippen molar-refractivity contribution in [2.45, 2.75) is 38.6 Å². The van der Waals surface area contributed by atoms with Crippen molar-refractivity contribution in [3.63, 3.8) is 0 Å². The summed E-state index contributed by atoms with van der Waals surface area (Å²) in [7, 11) is -3.04. The van der Waals surface area contributed by atoms with E-state index in [-0.39, 0.29) is 29.3 Å². The first-order valence-electron chi connectivity index (χ1n) is 10.8. The maximum absolute atomic E-state index is 13.4. The molecular formula is C22H29FN4O3S. The van der Waals surface area contributed by atoms with Crippen LogP contribution in [0.4, 0.5) is 10.2 Å². The number of sulfone groups is 1. The molecule has 31 heavy (non-hydrogen) atoms. The summed E-state index contributed by atoms with van der Waals surface area (Å²) in [5, 5.41) is 7.33. The molecule has 0 aliphatic carbocycles. The van der Waals surface area contributed by atoms with Gasteiger partial charge < -0.3 is 5.32 Å². The molecule has 0 bridgehead atoms. The molecule has 1 N–H and O–H groups in total. The molecule has 0 saturated carbocycles. The van der Waals surface area contributed by atoms with Crippen LogP contribution >= 0.6 is 0 Å². The summed E-state index contributed by atoms with van der Waals surface area (Å²) in [6, 6.07) is 8.33. The number of likely N-dealkylation sites (tertiary alicyclic amines) is 1. The van der Waals surface area contributed by atoms with Crippen molar-refractivity contribution < 1.29 is 17.6 Å². The number of carbonyl (C=O) groups is 1. The quantitative estimate of drug-likeness (QED) is 0.734. The summed E-state index contributed by atoms with van der Waals surface area (Å²) >= 11 is 0. The highest BCUT2D eigenvalue weighted by atomic mass is 32.2. The summed E-state index contributed by atoms with van der Waals surface area (Å²) in [6.07, 6.45) is 3.33. The van der Waals surface area contributed by atoms with E-state index in [0.29, 0.717) is 24.7 Å². The molecule has 1 aromatic heterocycles. The molecule has 2 aromatic rings. The first kappa shape index (κ1) is 22.0. The predicted octanol–water partition coefficient (Wildman–Crippen LogP) is 2.58. The van der Waals surface area contributed by atoms with E-state index in [1.807, 2.05) is 13.0 Å². The Morgan fingerprint density at radius 2 is 2.00 bits per heavy atom. The number of nitrogens with zero attached hydrogens (tertiary/aromatic N) is 3. The fraction of sp³-hybridized carbons (Fsp3) is 0.545. The summed E-state index contributed by atoms with van der Waals surface area (Å²) in [4.78, 5) is 14.8. The minimum absolute atomic E-state index is 0.0653. The Bertz CT molecular complexity index is 1040. The Hall–Kier alpha value is -2.26. The van der Waals surface area contributed by atoms with Gasteiger partial charge in [-0.05, 0) is 69.3 Å². The summed E-state index contributed by atoms with van der Waals surface area (Å²) < 4.78 is 38.7. The Kier molecular flexibility index (Phi) is 6.43. The normalized spacial score (nSPS) is 21.9. The largest absolute Gasteiger partial charge is 0.310 e. The molecule has 3 heterocycles. The van der Waals surface area contributed by atoms with E-state index in [1.54, 1.807) is 22.9 Å². The van der Waals surface area contributed by atoms with Gasteiger partial charge in [0.05, 0.1) is 29.8 Å². The maximum atomic E-state index is 13.4. The molecule has 0 radical (unpaired) electrons. The highest BCUT2D eigenvalue weighted by Gasteiger charge is 2.31. The predicted molar refractivity (Wildman–Crippen MR) is 117 cm³/mol. The molecule has 0 spiro atoms. The molecule has 1 atom stereocenters. The van der Waals surface area contributed by atoms with Gasteiger partial charge >= 0.3 is 0 Å². The SMILES string of the molecule is Cc1cc(NC(=O)CN2CCC(Cc3cccc(F)c3)CC2)n(C2CCS(=O)(=O)C2)n1. The number of aryl methyl sites for hydroxylation is 1. The van der Waals surface area contributed by atoms with Gasteiger partial charge in [-0.25, -0.2) is 17.5 Å². The zero-order valence-corrected chi connectivity index (χ0v) is 18.6. The number of benzene rings is 1. The number of hydrogen-bond acceptors (Lipinski definition) is 5. The van der Waals surface area contributed by atoms with Gasteiger partial charge in [0.1, 0.15) is 11.6 Å². The highest BCUT2D eigenvalue weighted by molar-refractivity contribution is 7.91. The third-order valence-electron chi connectivity index (χ3n) is 6.17. The average molecular weight is 449 g/mol. The average Bonchev–Trinajstić information content (AvgIpc) is 3.24. The smallest absolute Gasteiger partial charge is 0.239 e. The summed E-state index contributed by atoms with van der Waals surface area (Å²) in [6.45, 7) is 3.78. The molecule has 2 fully saturated rings. The topological polar surface area (TPSA) is 84.3 Å².